The highest BCUT2D eigenvalue weighted by atomic mass is 35.5. The smallest absolute Gasteiger partial charge is 0.202 e. The van der Waals surface area contributed by atoms with Crippen LogP contribution < -0.4 is 5.73 Å². The fraction of sp³-hybridized carbons (Fsp3) is 0.200. The van der Waals surface area contributed by atoms with Gasteiger partial charge in [0.15, 0.2) is 5.65 Å². The Balaban J connectivity index is 1.90. The summed E-state index contributed by atoms with van der Waals surface area (Å²) >= 11 is 12.1. The number of nitrogen functional groups attached to an aromatic ring is 1. The number of aromatic nitrogens is 3. The molecule has 0 bridgehead atoms. The number of hydrogen-bond acceptors (Lipinski definition) is 3. The molecule has 2 heterocycles. The highest BCUT2D eigenvalue weighted by Gasteiger charge is 2.10. The van der Waals surface area contributed by atoms with Gasteiger partial charge < -0.3 is 5.73 Å². The van der Waals surface area contributed by atoms with Crippen molar-refractivity contribution < 1.29 is 0 Å². The Morgan fingerprint density at radius 2 is 2.05 bits per heavy atom. The first-order chi connectivity index (χ1) is 10.0. The third-order valence-corrected chi connectivity index (χ3v) is 3.96. The Bertz CT molecular complexity index is 811. The molecule has 0 amide bonds. The average Bonchev–Trinajstić information content (AvgIpc) is 2.72. The first kappa shape index (κ1) is 14.2. The van der Waals surface area contributed by atoms with Crippen molar-refractivity contribution in [1.82, 2.24) is 14.5 Å². The molecule has 4 nitrogen and oxygen atoms in total. The largest absolute Gasteiger partial charge is 0.369 e. The lowest BCUT2D eigenvalue weighted by molar-refractivity contribution is 0.720. The molecule has 6 heteroatoms. The molecule has 0 aliphatic heterocycles. The molecule has 1 aromatic carbocycles. The summed E-state index contributed by atoms with van der Waals surface area (Å²) in [6.07, 6.45) is 2.55. The number of nitrogens with two attached hydrogens (primary N) is 1. The molecular formula is C15H14Cl2N4. The van der Waals surface area contributed by atoms with Gasteiger partial charge in [-0.25, -0.2) is 9.97 Å². The second-order valence-electron chi connectivity index (χ2n) is 4.96. The molecule has 0 unspecified atom stereocenters. The van der Waals surface area contributed by atoms with E-state index in [-0.39, 0.29) is 0 Å². The number of fused-ring (bicyclic) bond motifs is 1. The lowest BCUT2D eigenvalue weighted by atomic mass is 10.1. The van der Waals surface area contributed by atoms with E-state index < -0.39 is 0 Å². The van der Waals surface area contributed by atoms with Crippen molar-refractivity contribution >= 4 is 40.3 Å². The summed E-state index contributed by atoms with van der Waals surface area (Å²) in [5.74, 6) is 0.466. The van der Waals surface area contributed by atoms with Gasteiger partial charge in [-0.15, -0.1) is 0 Å². The second kappa shape index (κ2) is 5.54. The quantitative estimate of drug-likeness (QED) is 0.796. The van der Waals surface area contributed by atoms with Crippen molar-refractivity contribution in [2.24, 2.45) is 0 Å². The van der Waals surface area contributed by atoms with Gasteiger partial charge in [0, 0.05) is 22.8 Å². The molecule has 2 aromatic heterocycles. The number of rotatable bonds is 3. The van der Waals surface area contributed by atoms with Gasteiger partial charge >= 0.3 is 0 Å². The Labute approximate surface area is 132 Å². The van der Waals surface area contributed by atoms with Gasteiger partial charge in [-0.3, -0.25) is 4.57 Å². The van der Waals surface area contributed by atoms with E-state index in [1.807, 2.05) is 35.9 Å². The number of nitrogens with zero attached hydrogens (tertiary/aromatic N) is 3. The molecule has 0 radical (unpaired) electrons. The number of halogens is 2. The zero-order valence-electron chi connectivity index (χ0n) is 11.5. The fourth-order valence-corrected chi connectivity index (χ4v) is 2.81. The van der Waals surface area contributed by atoms with Crippen LogP contribution in [-0.4, -0.2) is 14.5 Å². The number of pyridine rings is 1. The maximum atomic E-state index is 6.19. The zero-order chi connectivity index (χ0) is 15.0. The molecule has 108 valence electrons. The van der Waals surface area contributed by atoms with Crippen LogP contribution in [0.3, 0.4) is 0 Å². The molecule has 0 fully saturated rings. The third kappa shape index (κ3) is 2.82. The summed E-state index contributed by atoms with van der Waals surface area (Å²) in [6.45, 7) is 2.65. The van der Waals surface area contributed by atoms with E-state index in [1.165, 1.54) is 0 Å². The van der Waals surface area contributed by atoms with Crippen molar-refractivity contribution in [2.75, 3.05) is 5.73 Å². The summed E-state index contributed by atoms with van der Waals surface area (Å²) in [7, 11) is 0. The molecular weight excluding hydrogens is 307 g/mol. The first-order valence-electron chi connectivity index (χ1n) is 6.57. The number of imidazole rings is 1. The molecule has 0 spiro atoms. The fourth-order valence-electron chi connectivity index (χ4n) is 2.31. The predicted octanol–water partition coefficient (Wildman–Crippen LogP) is 3.87. The van der Waals surface area contributed by atoms with Crippen molar-refractivity contribution in [2.45, 2.75) is 19.9 Å². The van der Waals surface area contributed by atoms with E-state index in [9.17, 15) is 0 Å². The highest BCUT2D eigenvalue weighted by Crippen LogP contribution is 2.23. The Hall–Kier alpha value is -1.78. The number of benzene rings is 1. The van der Waals surface area contributed by atoms with Gasteiger partial charge in [-0.1, -0.05) is 29.3 Å². The van der Waals surface area contributed by atoms with Gasteiger partial charge in [0.25, 0.3) is 0 Å². The summed E-state index contributed by atoms with van der Waals surface area (Å²) in [6, 6.07) is 7.48. The first-order valence-corrected chi connectivity index (χ1v) is 7.32. The lowest BCUT2D eigenvalue weighted by Gasteiger charge is -2.08. The van der Waals surface area contributed by atoms with Crippen LogP contribution in [0.15, 0.2) is 30.5 Å². The third-order valence-electron chi connectivity index (χ3n) is 3.37. The van der Waals surface area contributed by atoms with Crippen LogP contribution >= 0.6 is 23.2 Å². The molecule has 3 aromatic rings. The number of aryl methyl sites for hydroxylation is 3. The summed E-state index contributed by atoms with van der Waals surface area (Å²) in [4.78, 5) is 8.76. The SMILES string of the molecule is Cc1cnc2c(c1)nc(N)n2CCc1ccc(Cl)cc1Cl. The van der Waals surface area contributed by atoms with Crippen molar-refractivity contribution in [3.8, 4) is 0 Å². The second-order valence-corrected chi connectivity index (χ2v) is 5.81. The molecule has 0 atom stereocenters. The zero-order valence-corrected chi connectivity index (χ0v) is 13.0. The maximum absolute atomic E-state index is 6.19. The molecule has 3 rings (SSSR count). The summed E-state index contributed by atoms with van der Waals surface area (Å²) in [5.41, 5.74) is 9.68. The minimum absolute atomic E-state index is 0.466. The van der Waals surface area contributed by atoms with Crippen LogP contribution in [0.1, 0.15) is 11.1 Å². The average molecular weight is 321 g/mol. The van der Waals surface area contributed by atoms with Gasteiger partial charge in [0.1, 0.15) is 5.52 Å². The van der Waals surface area contributed by atoms with Crippen LogP contribution in [0.2, 0.25) is 10.0 Å². The van der Waals surface area contributed by atoms with Gasteiger partial charge in [-0.2, -0.15) is 0 Å². The van der Waals surface area contributed by atoms with Crippen LogP contribution in [0.4, 0.5) is 5.95 Å². The van der Waals surface area contributed by atoms with E-state index in [4.69, 9.17) is 28.9 Å². The van der Waals surface area contributed by atoms with E-state index in [0.717, 1.165) is 28.7 Å². The molecule has 0 saturated carbocycles. The highest BCUT2D eigenvalue weighted by molar-refractivity contribution is 6.35. The van der Waals surface area contributed by atoms with Crippen molar-refractivity contribution in [1.29, 1.82) is 0 Å². The van der Waals surface area contributed by atoms with E-state index >= 15 is 0 Å². The maximum Gasteiger partial charge on any atom is 0.202 e. The number of hydrogen-bond donors (Lipinski definition) is 1. The summed E-state index contributed by atoms with van der Waals surface area (Å²) in [5, 5.41) is 1.29. The van der Waals surface area contributed by atoms with E-state index in [2.05, 4.69) is 9.97 Å². The van der Waals surface area contributed by atoms with Crippen LogP contribution in [0.5, 0.6) is 0 Å². The number of anilines is 1. The topological polar surface area (TPSA) is 56.7 Å². The Morgan fingerprint density at radius 1 is 1.24 bits per heavy atom. The van der Waals surface area contributed by atoms with Crippen LogP contribution in [0.25, 0.3) is 11.2 Å². The Morgan fingerprint density at radius 3 is 2.81 bits per heavy atom. The van der Waals surface area contributed by atoms with Gasteiger partial charge in [0.05, 0.1) is 0 Å². The van der Waals surface area contributed by atoms with Gasteiger partial charge in [-0.05, 0) is 42.7 Å². The Kier molecular flexibility index (Phi) is 3.74. The summed E-state index contributed by atoms with van der Waals surface area (Å²) < 4.78 is 1.90. The molecule has 0 aliphatic rings. The molecule has 21 heavy (non-hydrogen) atoms. The van der Waals surface area contributed by atoms with E-state index in [0.29, 0.717) is 22.5 Å². The van der Waals surface area contributed by atoms with Crippen molar-refractivity contribution in [3.05, 3.63) is 51.6 Å². The minimum Gasteiger partial charge on any atom is -0.369 e. The van der Waals surface area contributed by atoms with Crippen LogP contribution in [-0.2, 0) is 13.0 Å². The van der Waals surface area contributed by atoms with E-state index in [1.54, 1.807) is 6.07 Å². The molecule has 2 N–H and O–H groups in total. The molecule has 0 aliphatic carbocycles. The lowest BCUT2D eigenvalue weighted by Crippen LogP contribution is -2.06. The van der Waals surface area contributed by atoms with Crippen molar-refractivity contribution in [3.63, 3.8) is 0 Å². The monoisotopic (exact) mass is 320 g/mol. The predicted molar refractivity (Wildman–Crippen MR) is 86.8 cm³/mol. The van der Waals surface area contributed by atoms with Crippen LogP contribution in [0, 0.1) is 6.92 Å². The normalized spacial score (nSPS) is 11.2. The molecule has 0 saturated heterocycles. The standard InChI is InChI=1S/C15H14Cl2N4/c1-9-6-13-14(19-8-9)21(15(18)20-13)5-4-10-2-3-11(16)7-12(10)17/h2-3,6-8H,4-5H2,1H3,(H2,18,20). The van der Waals surface area contributed by atoms with Gasteiger partial charge in [0.2, 0.25) is 5.95 Å². The minimum atomic E-state index is 0.466.